The summed E-state index contributed by atoms with van der Waals surface area (Å²) < 4.78 is 5.36. The summed E-state index contributed by atoms with van der Waals surface area (Å²) >= 11 is 11.8. The van der Waals surface area contributed by atoms with Crippen LogP contribution in [0.4, 0.5) is 0 Å². The average Bonchev–Trinajstić information content (AvgIpc) is 3.10. The first-order valence-corrected chi connectivity index (χ1v) is 7.90. The first kappa shape index (κ1) is 16.5. The maximum absolute atomic E-state index is 12.9. The van der Waals surface area contributed by atoms with Gasteiger partial charge in [-0.2, -0.15) is 0 Å². The van der Waals surface area contributed by atoms with Crippen molar-refractivity contribution in [3.63, 3.8) is 0 Å². The lowest BCUT2D eigenvalue weighted by Crippen LogP contribution is -2.30. The minimum absolute atomic E-state index is 0.165. The van der Waals surface area contributed by atoms with Crippen LogP contribution in [0.1, 0.15) is 21.7 Å². The van der Waals surface area contributed by atoms with Crippen molar-refractivity contribution in [3.8, 4) is 0 Å². The largest absolute Gasteiger partial charge is 0.467 e. The SMILES string of the molecule is O=C(c1cnc(Cl)c(Cl)c1)N(Cc1cccnc1)Cc1ccco1. The van der Waals surface area contributed by atoms with Gasteiger partial charge in [0.1, 0.15) is 10.9 Å². The molecule has 0 unspecified atom stereocenters. The van der Waals surface area contributed by atoms with Crippen molar-refractivity contribution in [3.05, 3.63) is 82.2 Å². The molecule has 0 saturated heterocycles. The molecule has 0 N–H and O–H groups in total. The number of hydrogen-bond acceptors (Lipinski definition) is 4. The average molecular weight is 362 g/mol. The molecule has 0 aliphatic heterocycles. The second-order valence-electron chi connectivity index (χ2n) is 5.10. The normalized spacial score (nSPS) is 10.6. The van der Waals surface area contributed by atoms with Crippen LogP contribution in [0, 0.1) is 0 Å². The smallest absolute Gasteiger partial charge is 0.256 e. The van der Waals surface area contributed by atoms with Gasteiger partial charge in [-0.15, -0.1) is 0 Å². The van der Waals surface area contributed by atoms with Crippen LogP contribution < -0.4 is 0 Å². The van der Waals surface area contributed by atoms with Crippen LogP contribution in [0.5, 0.6) is 0 Å². The summed E-state index contributed by atoms with van der Waals surface area (Å²) in [6.07, 6.45) is 6.39. The van der Waals surface area contributed by atoms with E-state index < -0.39 is 0 Å². The number of aromatic nitrogens is 2. The van der Waals surface area contributed by atoms with Gasteiger partial charge in [0.05, 0.1) is 23.4 Å². The zero-order valence-corrected chi connectivity index (χ0v) is 14.0. The molecule has 0 aliphatic rings. The van der Waals surface area contributed by atoms with Crippen molar-refractivity contribution in [1.29, 1.82) is 0 Å². The number of furan rings is 1. The molecule has 0 aromatic carbocycles. The molecule has 5 nitrogen and oxygen atoms in total. The fraction of sp³-hybridized carbons (Fsp3) is 0.118. The molecule has 0 radical (unpaired) electrons. The Bertz CT molecular complexity index is 823. The summed E-state index contributed by atoms with van der Waals surface area (Å²) in [6.45, 7) is 0.703. The van der Waals surface area contributed by atoms with E-state index in [4.69, 9.17) is 27.6 Å². The quantitative estimate of drug-likeness (QED) is 0.638. The third kappa shape index (κ3) is 3.93. The van der Waals surface area contributed by atoms with E-state index in [0.717, 1.165) is 5.56 Å². The summed E-state index contributed by atoms with van der Waals surface area (Å²) in [7, 11) is 0. The van der Waals surface area contributed by atoms with Crippen LogP contribution in [0.15, 0.2) is 59.6 Å². The zero-order valence-electron chi connectivity index (χ0n) is 12.5. The van der Waals surface area contributed by atoms with Crippen LogP contribution in [0.25, 0.3) is 0 Å². The Morgan fingerprint density at radius 2 is 2.04 bits per heavy atom. The van der Waals surface area contributed by atoms with Crippen molar-refractivity contribution in [2.45, 2.75) is 13.1 Å². The number of rotatable bonds is 5. The highest BCUT2D eigenvalue weighted by molar-refractivity contribution is 6.41. The molecule has 0 atom stereocenters. The number of amides is 1. The van der Waals surface area contributed by atoms with Crippen molar-refractivity contribution in [1.82, 2.24) is 14.9 Å². The van der Waals surface area contributed by atoms with Gasteiger partial charge in [0, 0.05) is 25.1 Å². The van der Waals surface area contributed by atoms with Gasteiger partial charge in [0.15, 0.2) is 0 Å². The zero-order chi connectivity index (χ0) is 16.9. The van der Waals surface area contributed by atoms with Gasteiger partial charge < -0.3 is 9.32 Å². The second kappa shape index (κ2) is 7.47. The molecule has 0 fully saturated rings. The van der Waals surface area contributed by atoms with E-state index in [1.807, 2.05) is 18.2 Å². The molecule has 3 aromatic heterocycles. The maximum atomic E-state index is 12.9. The predicted octanol–water partition coefficient (Wildman–Crippen LogP) is 4.22. The third-order valence-electron chi connectivity index (χ3n) is 3.35. The van der Waals surface area contributed by atoms with Crippen LogP contribution in [-0.2, 0) is 13.1 Å². The topological polar surface area (TPSA) is 59.2 Å². The van der Waals surface area contributed by atoms with Crippen LogP contribution in [0.3, 0.4) is 0 Å². The Hall–Kier alpha value is -2.37. The molecule has 0 spiro atoms. The number of pyridine rings is 2. The van der Waals surface area contributed by atoms with E-state index in [9.17, 15) is 4.79 Å². The van der Waals surface area contributed by atoms with Gasteiger partial charge in [-0.05, 0) is 29.8 Å². The van der Waals surface area contributed by atoms with Crippen LogP contribution >= 0.6 is 23.2 Å². The number of carbonyl (C=O) groups is 1. The minimum atomic E-state index is -0.221. The van der Waals surface area contributed by atoms with Gasteiger partial charge in [0.2, 0.25) is 0 Å². The Morgan fingerprint density at radius 3 is 2.71 bits per heavy atom. The number of hydrogen-bond donors (Lipinski definition) is 0. The van der Waals surface area contributed by atoms with E-state index in [2.05, 4.69) is 9.97 Å². The Morgan fingerprint density at radius 1 is 1.17 bits per heavy atom. The molecule has 0 saturated carbocycles. The molecule has 122 valence electrons. The maximum Gasteiger partial charge on any atom is 0.256 e. The summed E-state index contributed by atoms with van der Waals surface area (Å²) in [5.41, 5.74) is 1.27. The molecular weight excluding hydrogens is 349 g/mol. The van der Waals surface area contributed by atoms with E-state index in [0.29, 0.717) is 24.4 Å². The molecule has 3 aromatic rings. The van der Waals surface area contributed by atoms with Crippen LogP contribution in [-0.4, -0.2) is 20.8 Å². The van der Waals surface area contributed by atoms with Gasteiger partial charge in [-0.25, -0.2) is 4.98 Å². The Kier molecular flexibility index (Phi) is 5.13. The highest BCUT2D eigenvalue weighted by Crippen LogP contribution is 2.21. The highest BCUT2D eigenvalue weighted by Gasteiger charge is 2.19. The lowest BCUT2D eigenvalue weighted by Gasteiger charge is -2.22. The van der Waals surface area contributed by atoms with Crippen molar-refractivity contribution in [2.24, 2.45) is 0 Å². The van der Waals surface area contributed by atoms with Crippen molar-refractivity contribution in [2.75, 3.05) is 0 Å². The van der Waals surface area contributed by atoms with Gasteiger partial charge in [-0.3, -0.25) is 9.78 Å². The van der Waals surface area contributed by atoms with E-state index in [-0.39, 0.29) is 16.1 Å². The number of halogens is 2. The number of nitrogens with zero attached hydrogens (tertiary/aromatic N) is 3. The molecule has 7 heteroatoms. The first-order chi connectivity index (χ1) is 11.6. The standard InChI is InChI=1S/C17H13Cl2N3O2/c18-15-7-13(9-21-16(15)19)17(23)22(11-14-4-2-6-24-14)10-12-3-1-5-20-8-12/h1-9H,10-11H2. The fourth-order valence-corrected chi connectivity index (χ4v) is 2.49. The fourth-order valence-electron chi connectivity index (χ4n) is 2.22. The van der Waals surface area contributed by atoms with Gasteiger partial charge >= 0.3 is 0 Å². The monoisotopic (exact) mass is 361 g/mol. The number of carbonyl (C=O) groups excluding carboxylic acids is 1. The predicted molar refractivity (Wildman–Crippen MR) is 90.8 cm³/mol. The lowest BCUT2D eigenvalue weighted by molar-refractivity contribution is 0.0717. The summed E-state index contributed by atoms with van der Waals surface area (Å²) in [6, 6.07) is 8.84. The Balaban J connectivity index is 1.87. The Labute approximate surface area is 148 Å². The van der Waals surface area contributed by atoms with Gasteiger partial charge in [-0.1, -0.05) is 29.3 Å². The molecule has 24 heavy (non-hydrogen) atoms. The minimum Gasteiger partial charge on any atom is -0.467 e. The van der Waals surface area contributed by atoms with E-state index in [1.54, 1.807) is 29.6 Å². The summed E-state index contributed by atoms with van der Waals surface area (Å²) in [4.78, 5) is 22.5. The molecular formula is C17H13Cl2N3O2. The molecule has 0 aliphatic carbocycles. The van der Waals surface area contributed by atoms with E-state index in [1.165, 1.54) is 12.3 Å². The lowest BCUT2D eigenvalue weighted by atomic mass is 10.2. The molecule has 0 bridgehead atoms. The summed E-state index contributed by atoms with van der Waals surface area (Å²) in [5, 5.41) is 0.403. The second-order valence-corrected chi connectivity index (χ2v) is 5.86. The van der Waals surface area contributed by atoms with E-state index >= 15 is 0 Å². The first-order valence-electron chi connectivity index (χ1n) is 7.15. The highest BCUT2D eigenvalue weighted by atomic mass is 35.5. The third-order valence-corrected chi connectivity index (χ3v) is 4.04. The summed E-state index contributed by atoms with van der Waals surface area (Å²) in [5.74, 6) is 0.460. The van der Waals surface area contributed by atoms with Gasteiger partial charge in [0.25, 0.3) is 5.91 Å². The molecule has 3 rings (SSSR count). The molecule has 3 heterocycles. The molecule has 1 amide bonds. The van der Waals surface area contributed by atoms with Crippen molar-refractivity contribution >= 4 is 29.1 Å². The van der Waals surface area contributed by atoms with Crippen molar-refractivity contribution < 1.29 is 9.21 Å². The van der Waals surface area contributed by atoms with Crippen LogP contribution in [0.2, 0.25) is 10.2 Å².